The fourth-order valence-corrected chi connectivity index (χ4v) is 1.83. The Morgan fingerprint density at radius 2 is 2.17 bits per heavy atom. The number of nitro benzene ring substituents is 1. The monoisotopic (exact) mass is 249 g/mol. The van der Waals surface area contributed by atoms with Gasteiger partial charge in [0, 0.05) is 24.5 Å². The molecule has 2 N–H and O–H groups in total. The second-order valence-electron chi connectivity index (χ2n) is 3.86. The van der Waals surface area contributed by atoms with E-state index in [9.17, 15) is 14.5 Å². The summed E-state index contributed by atoms with van der Waals surface area (Å²) in [5.41, 5.74) is 6.62. The van der Waals surface area contributed by atoms with Gasteiger partial charge >= 0.3 is 0 Å². The Morgan fingerprint density at radius 1 is 1.39 bits per heavy atom. The highest BCUT2D eigenvalue weighted by molar-refractivity contribution is 5.40. The third-order valence-electron chi connectivity index (χ3n) is 2.71. The van der Waals surface area contributed by atoms with Crippen LogP contribution < -0.4 is 5.73 Å². The summed E-state index contributed by atoms with van der Waals surface area (Å²) in [6.07, 6.45) is 1.76. The lowest BCUT2D eigenvalue weighted by Gasteiger charge is -2.08. The molecule has 1 heterocycles. The summed E-state index contributed by atoms with van der Waals surface area (Å²) in [5.74, 6) is -0.489. The van der Waals surface area contributed by atoms with E-state index in [1.165, 1.54) is 12.1 Å². The highest BCUT2D eigenvalue weighted by Gasteiger charge is 2.15. The van der Waals surface area contributed by atoms with Gasteiger partial charge in [-0.3, -0.25) is 10.1 Å². The third kappa shape index (κ3) is 2.38. The number of aromatic nitrogens is 1. The molecule has 6 heteroatoms. The van der Waals surface area contributed by atoms with Gasteiger partial charge in [0.1, 0.15) is 5.82 Å². The van der Waals surface area contributed by atoms with Crippen LogP contribution in [0.2, 0.25) is 0 Å². The number of hydrogen-bond acceptors (Lipinski definition) is 3. The highest BCUT2D eigenvalue weighted by atomic mass is 19.1. The normalized spacial score (nSPS) is 10.6. The molecule has 2 aromatic rings. The Kier molecular flexibility index (Phi) is 3.38. The summed E-state index contributed by atoms with van der Waals surface area (Å²) in [6, 6.07) is 7.06. The van der Waals surface area contributed by atoms with E-state index in [-0.39, 0.29) is 12.2 Å². The maximum atomic E-state index is 13.2. The Labute approximate surface area is 103 Å². The lowest BCUT2D eigenvalue weighted by Crippen LogP contribution is -2.09. The van der Waals surface area contributed by atoms with Crippen molar-refractivity contribution in [2.45, 2.75) is 13.1 Å². The summed E-state index contributed by atoms with van der Waals surface area (Å²) in [4.78, 5) is 10.4. The summed E-state index contributed by atoms with van der Waals surface area (Å²) in [7, 11) is 0. The fraction of sp³-hybridized carbons (Fsp3) is 0.167. The first kappa shape index (κ1) is 12.3. The van der Waals surface area contributed by atoms with E-state index in [0.717, 1.165) is 11.8 Å². The predicted molar refractivity (Wildman–Crippen MR) is 64.5 cm³/mol. The molecule has 5 nitrogen and oxygen atoms in total. The molecule has 0 bridgehead atoms. The molecule has 0 saturated carbocycles. The number of hydrogen-bond donors (Lipinski definition) is 1. The molecule has 0 spiro atoms. The number of nitrogens with two attached hydrogens (primary N) is 1. The lowest BCUT2D eigenvalue weighted by atomic mass is 10.1. The minimum atomic E-state index is -0.513. The third-order valence-corrected chi connectivity index (χ3v) is 2.71. The first-order valence-corrected chi connectivity index (χ1v) is 5.38. The van der Waals surface area contributed by atoms with Gasteiger partial charge in [0.2, 0.25) is 0 Å². The number of halogens is 1. The smallest absolute Gasteiger partial charge is 0.274 e. The van der Waals surface area contributed by atoms with Crippen LogP contribution in [0.25, 0.3) is 0 Å². The van der Waals surface area contributed by atoms with Crippen LogP contribution in [0.15, 0.2) is 36.5 Å². The molecule has 1 aromatic heterocycles. The molecule has 0 unspecified atom stereocenters. The molecule has 0 fully saturated rings. The van der Waals surface area contributed by atoms with Gasteiger partial charge in [-0.25, -0.2) is 4.39 Å². The minimum Gasteiger partial charge on any atom is -0.346 e. The van der Waals surface area contributed by atoms with Gasteiger partial charge < -0.3 is 10.3 Å². The quantitative estimate of drug-likeness (QED) is 0.665. The maximum Gasteiger partial charge on any atom is 0.274 e. The molecule has 0 aliphatic heterocycles. The molecule has 18 heavy (non-hydrogen) atoms. The predicted octanol–water partition coefficient (Wildman–Crippen LogP) is 2.04. The molecule has 0 saturated heterocycles. The topological polar surface area (TPSA) is 74.1 Å². The van der Waals surface area contributed by atoms with Crippen molar-refractivity contribution in [1.82, 2.24) is 4.57 Å². The average molecular weight is 249 g/mol. The van der Waals surface area contributed by atoms with Crippen LogP contribution in [0.5, 0.6) is 0 Å². The summed E-state index contributed by atoms with van der Waals surface area (Å²) in [6.45, 7) is 0.559. The van der Waals surface area contributed by atoms with Crippen molar-refractivity contribution in [1.29, 1.82) is 0 Å². The van der Waals surface area contributed by atoms with Crippen molar-refractivity contribution in [2.75, 3.05) is 0 Å². The van der Waals surface area contributed by atoms with Crippen LogP contribution in [0.4, 0.5) is 10.1 Å². The molecule has 94 valence electrons. The van der Waals surface area contributed by atoms with E-state index in [1.807, 2.05) is 6.07 Å². The Bertz CT molecular complexity index is 580. The van der Waals surface area contributed by atoms with Crippen LogP contribution in [-0.2, 0) is 13.1 Å². The molecular weight excluding hydrogens is 237 g/mol. The molecule has 0 atom stereocenters. The zero-order valence-corrected chi connectivity index (χ0v) is 9.54. The van der Waals surface area contributed by atoms with Gasteiger partial charge in [0.25, 0.3) is 5.69 Å². The first-order valence-electron chi connectivity index (χ1n) is 5.38. The van der Waals surface area contributed by atoms with Crippen LogP contribution in [0.1, 0.15) is 11.3 Å². The van der Waals surface area contributed by atoms with E-state index in [4.69, 9.17) is 5.73 Å². The molecule has 0 aliphatic rings. The standard InChI is InChI=1S/C12H12FN3O2/c13-10-3-4-12(16(17)18)9(6-10)8-15-5-1-2-11(15)7-14/h1-6H,7-8,14H2. The van der Waals surface area contributed by atoms with Gasteiger partial charge in [-0.15, -0.1) is 0 Å². The van der Waals surface area contributed by atoms with Gasteiger partial charge in [0.05, 0.1) is 17.0 Å². The van der Waals surface area contributed by atoms with Crippen LogP contribution in [0.3, 0.4) is 0 Å². The van der Waals surface area contributed by atoms with E-state index in [2.05, 4.69) is 0 Å². The summed E-state index contributed by atoms with van der Waals surface area (Å²) in [5, 5.41) is 10.9. The van der Waals surface area contributed by atoms with E-state index < -0.39 is 10.7 Å². The van der Waals surface area contributed by atoms with Crippen molar-refractivity contribution >= 4 is 5.69 Å². The molecule has 0 aliphatic carbocycles. The van der Waals surface area contributed by atoms with Crippen LogP contribution >= 0.6 is 0 Å². The van der Waals surface area contributed by atoms with E-state index in [0.29, 0.717) is 12.1 Å². The first-order chi connectivity index (χ1) is 8.61. The minimum absolute atomic E-state index is 0.0897. The van der Waals surface area contributed by atoms with Gasteiger partial charge in [-0.2, -0.15) is 0 Å². The van der Waals surface area contributed by atoms with Gasteiger partial charge in [-0.1, -0.05) is 0 Å². The van der Waals surface area contributed by atoms with Gasteiger partial charge in [0.15, 0.2) is 0 Å². The Balaban J connectivity index is 2.39. The molecule has 1 aromatic carbocycles. The fourth-order valence-electron chi connectivity index (χ4n) is 1.83. The SMILES string of the molecule is NCc1cccn1Cc1cc(F)ccc1[N+](=O)[O-]. The van der Waals surface area contributed by atoms with E-state index >= 15 is 0 Å². The van der Waals surface area contributed by atoms with Crippen molar-refractivity contribution in [3.63, 3.8) is 0 Å². The Hall–Kier alpha value is -2.21. The van der Waals surface area contributed by atoms with Crippen LogP contribution in [-0.4, -0.2) is 9.49 Å². The maximum absolute atomic E-state index is 13.2. The van der Waals surface area contributed by atoms with Crippen molar-refractivity contribution in [2.24, 2.45) is 5.73 Å². The average Bonchev–Trinajstić information content (AvgIpc) is 2.76. The molecule has 0 radical (unpaired) electrons. The second kappa shape index (κ2) is 4.97. The van der Waals surface area contributed by atoms with Crippen LogP contribution in [0, 0.1) is 15.9 Å². The number of nitro groups is 1. The number of benzene rings is 1. The lowest BCUT2D eigenvalue weighted by molar-refractivity contribution is -0.385. The second-order valence-corrected chi connectivity index (χ2v) is 3.86. The molecule has 2 rings (SSSR count). The zero-order valence-electron chi connectivity index (χ0n) is 9.54. The van der Waals surface area contributed by atoms with Gasteiger partial charge in [-0.05, 0) is 24.3 Å². The summed E-state index contributed by atoms with van der Waals surface area (Å²) >= 11 is 0. The number of nitrogens with zero attached hydrogens (tertiary/aromatic N) is 2. The summed E-state index contributed by atoms with van der Waals surface area (Å²) < 4.78 is 14.9. The zero-order chi connectivity index (χ0) is 13.1. The van der Waals surface area contributed by atoms with E-state index in [1.54, 1.807) is 16.8 Å². The molecule has 0 amide bonds. The molecular formula is C12H12FN3O2. The Morgan fingerprint density at radius 3 is 2.83 bits per heavy atom. The van der Waals surface area contributed by atoms with Crippen molar-refractivity contribution < 1.29 is 9.31 Å². The largest absolute Gasteiger partial charge is 0.346 e. The van der Waals surface area contributed by atoms with Crippen molar-refractivity contribution in [3.05, 3.63) is 63.7 Å². The van der Waals surface area contributed by atoms with Crippen molar-refractivity contribution in [3.8, 4) is 0 Å². The number of rotatable bonds is 4. The highest BCUT2D eigenvalue weighted by Crippen LogP contribution is 2.21.